The third-order valence-electron chi connectivity index (χ3n) is 6.18. The zero-order valence-corrected chi connectivity index (χ0v) is 21.1. The Morgan fingerprint density at radius 1 is 1.14 bits per heavy atom. The Hall–Kier alpha value is -3.58. The number of hydrogen-bond donors (Lipinski definition) is 1. The van der Waals surface area contributed by atoms with Crippen LogP contribution in [0, 0.1) is 12.7 Å². The molecular weight excluding hydrogens is 485 g/mol. The molecule has 8 heteroatoms. The number of carboxylic acids is 1. The molecule has 1 aliphatic rings. The molecule has 0 aliphatic carbocycles. The number of aliphatic carboxylic acids is 1. The number of rotatable bonds is 8. The van der Waals surface area contributed by atoms with E-state index in [1.165, 1.54) is 24.1 Å². The number of methoxy groups -OCH3 is 1. The molecule has 0 fully saturated rings. The third kappa shape index (κ3) is 5.62. The van der Waals surface area contributed by atoms with E-state index in [2.05, 4.69) is 0 Å². The number of carbonyl (C=O) groups excluding carboxylic acids is 1. The van der Waals surface area contributed by atoms with Crippen LogP contribution >= 0.6 is 11.6 Å². The minimum absolute atomic E-state index is 0.0564. The maximum Gasteiger partial charge on any atom is 0.323 e. The van der Waals surface area contributed by atoms with Gasteiger partial charge in [-0.3, -0.25) is 9.59 Å². The Morgan fingerprint density at radius 3 is 2.47 bits per heavy atom. The average molecular weight is 512 g/mol. The van der Waals surface area contributed by atoms with Gasteiger partial charge < -0.3 is 19.5 Å². The van der Waals surface area contributed by atoms with Gasteiger partial charge in [-0.15, -0.1) is 0 Å². The first-order valence-electron chi connectivity index (χ1n) is 11.5. The summed E-state index contributed by atoms with van der Waals surface area (Å²) in [4.78, 5) is 26.3. The van der Waals surface area contributed by atoms with Gasteiger partial charge in [0.1, 0.15) is 18.0 Å². The highest BCUT2D eigenvalue weighted by Crippen LogP contribution is 2.44. The Labute approximate surface area is 214 Å². The van der Waals surface area contributed by atoms with Crippen LogP contribution in [0.15, 0.2) is 54.6 Å². The lowest BCUT2D eigenvalue weighted by molar-refractivity contribution is -0.137. The van der Waals surface area contributed by atoms with Gasteiger partial charge in [-0.05, 0) is 49.2 Å². The third-order valence-corrected chi connectivity index (χ3v) is 6.49. The van der Waals surface area contributed by atoms with Crippen molar-refractivity contribution >= 4 is 23.5 Å². The lowest BCUT2D eigenvalue weighted by atomic mass is 9.91. The number of benzene rings is 3. The summed E-state index contributed by atoms with van der Waals surface area (Å²) in [6.07, 6.45) is 0.877. The van der Waals surface area contributed by atoms with Crippen molar-refractivity contribution in [1.82, 2.24) is 4.90 Å². The lowest BCUT2D eigenvalue weighted by Crippen LogP contribution is -2.35. The number of hydrogen-bond acceptors (Lipinski definition) is 4. The lowest BCUT2D eigenvalue weighted by Gasteiger charge is -2.24. The molecular formula is C28H27ClFNO5. The van der Waals surface area contributed by atoms with Gasteiger partial charge >= 0.3 is 5.97 Å². The molecule has 0 spiro atoms. The molecule has 0 saturated heterocycles. The maximum absolute atomic E-state index is 14.0. The van der Waals surface area contributed by atoms with Crippen LogP contribution in [0.2, 0.25) is 5.02 Å². The summed E-state index contributed by atoms with van der Waals surface area (Å²) in [6.45, 7) is 3.58. The standard InChI is InChI=1S/C28H27ClFNO5/c1-17-4-6-18(7-5-17)15-31(16-25(32)33)27(34)20-11-21-14-28(2,36-26(21)24(12-20)35-3)13-19-8-9-22(29)23(30)10-19/h4-12H,13-16H2,1-3H3,(H,32,33)/t28-/m0/s1. The number of amides is 1. The van der Waals surface area contributed by atoms with Gasteiger partial charge in [-0.25, -0.2) is 4.39 Å². The first-order chi connectivity index (χ1) is 17.1. The normalized spacial score (nSPS) is 16.2. The van der Waals surface area contributed by atoms with Gasteiger partial charge in [0.15, 0.2) is 11.5 Å². The summed E-state index contributed by atoms with van der Waals surface area (Å²) in [7, 11) is 1.48. The molecule has 4 rings (SSSR count). The van der Waals surface area contributed by atoms with Crippen molar-refractivity contribution in [1.29, 1.82) is 0 Å². The summed E-state index contributed by atoms with van der Waals surface area (Å²) in [5.74, 6) is -1.12. The van der Waals surface area contributed by atoms with Crippen molar-refractivity contribution in [2.45, 2.75) is 38.8 Å². The maximum atomic E-state index is 14.0. The number of nitrogens with zero attached hydrogens (tertiary/aromatic N) is 1. The van der Waals surface area contributed by atoms with Crippen molar-refractivity contribution < 1.29 is 28.6 Å². The Morgan fingerprint density at radius 2 is 1.83 bits per heavy atom. The van der Waals surface area contributed by atoms with E-state index in [1.807, 2.05) is 38.1 Å². The van der Waals surface area contributed by atoms with Crippen LogP contribution in [0.3, 0.4) is 0 Å². The summed E-state index contributed by atoms with van der Waals surface area (Å²) in [5.41, 5.74) is 3.01. The first-order valence-corrected chi connectivity index (χ1v) is 11.8. The largest absolute Gasteiger partial charge is 0.493 e. The molecule has 1 heterocycles. The van der Waals surface area contributed by atoms with E-state index in [0.717, 1.165) is 22.3 Å². The van der Waals surface area contributed by atoms with E-state index < -0.39 is 29.8 Å². The highest BCUT2D eigenvalue weighted by atomic mass is 35.5. The number of fused-ring (bicyclic) bond motifs is 1. The van der Waals surface area contributed by atoms with Gasteiger partial charge in [0.2, 0.25) is 0 Å². The van der Waals surface area contributed by atoms with Crippen LogP contribution in [0.25, 0.3) is 0 Å². The zero-order chi connectivity index (χ0) is 26.0. The fraction of sp³-hybridized carbons (Fsp3) is 0.286. The fourth-order valence-electron chi connectivity index (χ4n) is 4.51. The summed E-state index contributed by atoms with van der Waals surface area (Å²) in [6, 6.07) is 15.5. The number of ether oxygens (including phenoxy) is 2. The van der Waals surface area contributed by atoms with Crippen molar-refractivity contribution in [2.24, 2.45) is 0 Å². The van der Waals surface area contributed by atoms with Crippen molar-refractivity contribution in [3.63, 3.8) is 0 Å². The molecule has 36 heavy (non-hydrogen) atoms. The van der Waals surface area contributed by atoms with Crippen molar-refractivity contribution in [3.8, 4) is 11.5 Å². The molecule has 1 N–H and O–H groups in total. The second-order valence-corrected chi connectivity index (χ2v) is 9.77. The second-order valence-electron chi connectivity index (χ2n) is 9.36. The van der Waals surface area contributed by atoms with E-state index in [1.54, 1.807) is 18.2 Å². The Bertz CT molecular complexity index is 1310. The second kappa shape index (κ2) is 10.2. The van der Waals surface area contributed by atoms with Crippen LogP contribution < -0.4 is 9.47 Å². The molecule has 0 saturated carbocycles. The summed E-state index contributed by atoms with van der Waals surface area (Å²) >= 11 is 5.81. The predicted molar refractivity (Wildman–Crippen MR) is 134 cm³/mol. The Kier molecular flexibility index (Phi) is 7.22. The minimum Gasteiger partial charge on any atom is -0.493 e. The van der Waals surface area contributed by atoms with E-state index in [4.69, 9.17) is 21.1 Å². The molecule has 188 valence electrons. The highest BCUT2D eigenvalue weighted by Gasteiger charge is 2.38. The SMILES string of the molecule is COc1cc(C(=O)N(CC(=O)O)Cc2ccc(C)cc2)cc2c1O[C@@](C)(Cc1ccc(Cl)c(F)c1)C2. The quantitative estimate of drug-likeness (QED) is 0.434. The van der Waals surface area contributed by atoms with Crippen LogP contribution in [0.5, 0.6) is 11.5 Å². The number of carbonyl (C=O) groups is 2. The molecule has 3 aromatic rings. The number of halogens is 2. The van der Waals surface area contributed by atoms with Crippen LogP contribution in [0.4, 0.5) is 4.39 Å². The van der Waals surface area contributed by atoms with Crippen LogP contribution in [-0.2, 0) is 24.2 Å². The topological polar surface area (TPSA) is 76.1 Å². The van der Waals surface area contributed by atoms with Gasteiger partial charge in [-0.1, -0.05) is 47.5 Å². The van der Waals surface area contributed by atoms with Crippen molar-refractivity contribution in [2.75, 3.05) is 13.7 Å². The fourth-order valence-corrected chi connectivity index (χ4v) is 4.62. The molecule has 0 aromatic heterocycles. The number of aryl methyl sites for hydroxylation is 1. The van der Waals surface area contributed by atoms with Gasteiger partial charge in [-0.2, -0.15) is 0 Å². The van der Waals surface area contributed by atoms with Crippen LogP contribution in [0.1, 0.15) is 39.5 Å². The van der Waals surface area contributed by atoms with Gasteiger partial charge in [0.25, 0.3) is 5.91 Å². The highest BCUT2D eigenvalue weighted by molar-refractivity contribution is 6.30. The molecule has 0 bridgehead atoms. The summed E-state index contributed by atoms with van der Waals surface area (Å²) in [5, 5.41) is 9.49. The molecule has 0 unspecified atom stereocenters. The van der Waals surface area contributed by atoms with E-state index in [-0.39, 0.29) is 11.6 Å². The van der Waals surface area contributed by atoms with E-state index in [9.17, 15) is 19.1 Å². The monoisotopic (exact) mass is 511 g/mol. The molecule has 3 aromatic carbocycles. The molecule has 1 aliphatic heterocycles. The number of carboxylic acid groups (broad SMARTS) is 1. The Balaban J connectivity index is 1.61. The smallest absolute Gasteiger partial charge is 0.323 e. The van der Waals surface area contributed by atoms with Gasteiger partial charge in [0, 0.05) is 30.5 Å². The molecule has 0 radical (unpaired) electrons. The minimum atomic E-state index is -1.10. The van der Waals surface area contributed by atoms with Crippen LogP contribution in [-0.4, -0.2) is 41.1 Å². The zero-order valence-electron chi connectivity index (χ0n) is 20.3. The first kappa shape index (κ1) is 25.5. The van der Waals surface area contributed by atoms with Crippen molar-refractivity contribution in [3.05, 3.63) is 93.3 Å². The molecule has 6 nitrogen and oxygen atoms in total. The van der Waals surface area contributed by atoms with E-state index in [0.29, 0.717) is 29.9 Å². The summed E-state index contributed by atoms with van der Waals surface area (Å²) < 4.78 is 25.8. The molecule has 1 atom stereocenters. The predicted octanol–water partition coefficient (Wildman–Crippen LogP) is 5.46. The molecule has 1 amide bonds. The van der Waals surface area contributed by atoms with E-state index >= 15 is 0 Å². The average Bonchev–Trinajstić information content (AvgIpc) is 3.16. The van der Waals surface area contributed by atoms with Gasteiger partial charge in [0.05, 0.1) is 12.1 Å².